The summed E-state index contributed by atoms with van der Waals surface area (Å²) < 4.78 is 42.2. The molecule has 1 aliphatic rings. The van der Waals surface area contributed by atoms with E-state index in [0.717, 1.165) is 19.3 Å². The van der Waals surface area contributed by atoms with Gasteiger partial charge in [0.15, 0.2) is 25.0 Å². The van der Waals surface area contributed by atoms with Gasteiger partial charge in [0.25, 0.3) is 0 Å². The number of hydrogen-bond acceptors (Lipinski definition) is 7. The smallest absolute Gasteiger partial charge is 0.308 e. The Labute approximate surface area is 287 Å². The van der Waals surface area contributed by atoms with Crippen LogP contribution in [0.5, 0.6) is 0 Å². The number of methoxy groups -OCH3 is 2. The molecule has 7 nitrogen and oxygen atoms in total. The molecule has 1 heterocycles. The maximum absolute atomic E-state index is 12.3. The average Bonchev–Trinajstić information content (AvgIpc) is 2.85. The maximum atomic E-state index is 12.3. The van der Waals surface area contributed by atoms with Crippen LogP contribution in [0.15, 0.2) is 10.2 Å². The standard InChI is InChI=1S/C33H67IO7Si3/c1-31(2,3)42(12,13)39-26(21-22-34)28(37-11)30(41-44(16,17)33(7,8)9)29(40-43(14,15)32(4,5)6)25-20-18-19-24(38-25)23-27(35)36-10/h21-22,24-26,28-30H,18-20,23H2,1-17H3/b22-21+/t24?,25-,26-,28?,29?,30?/m0/s1. The minimum Gasteiger partial charge on any atom is -0.469 e. The van der Waals surface area contributed by atoms with Crippen molar-refractivity contribution in [1.29, 1.82) is 0 Å². The van der Waals surface area contributed by atoms with Gasteiger partial charge in [0.1, 0.15) is 12.2 Å². The SMILES string of the molecule is COC(=O)CC1CCC[C@@H](C(O[Si](C)(C)C(C)(C)C)C(O[Si](C)(C)C(C)(C)C)C(OC)[C@H](/C=C/I)O[Si](C)(C)C(C)(C)C)O1. The van der Waals surface area contributed by atoms with Crippen LogP contribution in [0, 0.1) is 0 Å². The quantitative estimate of drug-likeness (QED) is 0.0987. The first-order valence-electron chi connectivity index (χ1n) is 16.3. The second kappa shape index (κ2) is 16.2. The average molecular weight is 787 g/mol. The molecule has 4 unspecified atom stereocenters. The van der Waals surface area contributed by atoms with Crippen LogP contribution in [0.25, 0.3) is 0 Å². The number of carbonyl (C=O) groups is 1. The summed E-state index contributed by atoms with van der Waals surface area (Å²) in [6.07, 6.45) is 2.77. The number of rotatable bonds is 14. The molecule has 11 heteroatoms. The third-order valence-corrected chi connectivity index (χ3v) is 24.4. The van der Waals surface area contributed by atoms with E-state index in [1.54, 1.807) is 7.11 Å². The molecule has 0 bridgehead atoms. The molecule has 0 aromatic rings. The van der Waals surface area contributed by atoms with Crippen LogP contribution in [-0.4, -0.2) is 81.8 Å². The van der Waals surface area contributed by atoms with E-state index in [4.69, 9.17) is 27.5 Å². The first kappa shape index (κ1) is 42.4. The number of ether oxygens (including phenoxy) is 3. The van der Waals surface area contributed by atoms with E-state index in [1.165, 1.54) is 7.11 Å². The molecule has 1 saturated heterocycles. The summed E-state index contributed by atoms with van der Waals surface area (Å²) in [5, 5.41) is -0.0571. The van der Waals surface area contributed by atoms with Crippen molar-refractivity contribution < 1.29 is 32.3 Å². The fourth-order valence-electron chi connectivity index (χ4n) is 4.56. The summed E-state index contributed by atoms with van der Waals surface area (Å²) >= 11 is 2.27. The van der Waals surface area contributed by atoms with E-state index < -0.39 is 43.3 Å². The van der Waals surface area contributed by atoms with Crippen LogP contribution in [0.4, 0.5) is 0 Å². The molecule has 260 valence electrons. The van der Waals surface area contributed by atoms with E-state index in [1.807, 2.05) is 4.08 Å². The van der Waals surface area contributed by atoms with Crippen molar-refractivity contribution in [3.05, 3.63) is 10.2 Å². The topological polar surface area (TPSA) is 72.5 Å². The van der Waals surface area contributed by atoms with Crippen LogP contribution in [0.2, 0.25) is 54.4 Å². The van der Waals surface area contributed by atoms with Crippen LogP contribution >= 0.6 is 22.6 Å². The monoisotopic (exact) mass is 786 g/mol. The normalized spacial score (nSPS) is 22.5. The van der Waals surface area contributed by atoms with Crippen molar-refractivity contribution in [3.8, 4) is 0 Å². The number of halogens is 1. The molecular formula is C33H67IO7Si3. The van der Waals surface area contributed by atoms with Gasteiger partial charge in [-0.2, -0.15) is 0 Å². The number of esters is 1. The zero-order valence-electron chi connectivity index (χ0n) is 31.2. The predicted octanol–water partition coefficient (Wildman–Crippen LogP) is 9.62. The second-order valence-electron chi connectivity index (χ2n) is 17.1. The summed E-state index contributed by atoms with van der Waals surface area (Å²) in [6.45, 7) is 34.1. The van der Waals surface area contributed by atoms with Crippen LogP contribution < -0.4 is 0 Å². The summed E-state index contributed by atoms with van der Waals surface area (Å²) in [5.74, 6) is -0.253. The van der Waals surface area contributed by atoms with Crippen molar-refractivity contribution in [1.82, 2.24) is 0 Å². The lowest BCUT2D eigenvalue weighted by atomic mass is 9.93. The number of carbonyl (C=O) groups excluding carboxylic acids is 1. The predicted molar refractivity (Wildman–Crippen MR) is 199 cm³/mol. The van der Waals surface area contributed by atoms with Gasteiger partial charge in [0.2, 0.25) is 0 Å². The highest BCUT2D eigenvalue weighted by Crippen LogP contribution is 2.44. The van der Waals surface area contributed by atoms with Gasteiger partial charge < -0.3 is 27.5 Å². The van der Waals surface area contributed by atoms with E-state index in [-0.39, 0.29) is 45.8 Å². The molecule has 0 aromatic heterocycles. The van der Waals surface area contributed by atoms with Gasteiger partial charge in [-0.1, -0.05) is 84.9 Å². The van der Waals surface area contributed by atoms with E-state index >= 15 is 0 Å². The Morgan fingerprint density at radius 1 is 0.795 bits per heavy atom. The Bertz CT molecular complexity index is 935. The zero-order valence-corrected chi connectivity index (χ0v) is 36.3. The molecule has 0 saturated carbocycles. The Morgan fingerprint density at radius 3 is 1.70 bits per heavy atom. The van der Waals surface area contributed by atoms with Crippen molar-refractivity contribution in [2.75, 3.05) is 14.2 Å². The Hall–Kier alpha value is 0.391. The largest absolute Gasteiger partial charge is 0.469 e. The zero-order chi connectivity index (χ0) is 34.5. The maximum Gasteiger partial charge on any atom is 0.308 e. The molecule has 0 aromatic carbocycles. The highest BCUT2D eigenvalue weighted by molar-refractivity contribution is 14.1. The van der Waals surface area contributed by atoms with E-state index in [9.17, 15) is 4.79 Å². The molecular weight excluding hydrogens is 720 g/mol. The summed E-state index contributed by atoms with van der Waals surface area (Å²) in [4.78, 5) is 12.3. The molecule has 0 spiro atoms. The van der Waals surface area contributed by atoms with Gasteiger partial charge in [0, 0.05) is 7.11 Å². The summed E-state index contributed by atoms with van der Waals surface area (Å²) in [6, 6.07) is 0. The van der Waals surface area contributed by atoms with Crippen LogP contribution in [0.1, 0.15) is 88.0 Å². The first-order valence-corrected chi connectivity index (χ1v) is 26.3. The molecule has 44 heavy (non-hydrogen) atoms. The second-order valence-corrected chi connectivity index (χ2v) is 32.0. The van der Waals surface area contributed by atoms with E-state index in [0.29, 0.717) is 0 Å². The van der Waals surface area contributed by atoms with Gasteiger partial charge in [-0.3, -0.25) is 4.79 Å². The molecule has 6 atom stereocenters. The molecule has 0 N–H and O–H groups in total. The van der Waals surface area contributed by atoms with Crippen molar-refractivity contribution >= 4 is 53.5 Å². The minimum atomic E-state index is -2.35. The van der Waals surface area contributed by atoms with E-state index in [2.05, 4.69) is 130 Å². The van der Waals surface area contributed by atoms with Crippen molar-refractivity contribution in [3.63, 3.8) is 0 Å². The fourth-order valence-corrected chi connectivity index (χ4v) is 8.84. The highest BCUT2D eigenvalue weighted by atomic mass is 127. The summed E-state index contributed by atoms with van der Waals surface area (Å²) in [5.41, 5.74) is 0. The van der Waals surface area contributed by atoms with Gasteiger partial charge in [-0.05, 0) is 83.8 Å². The molecule has 0 radical (unpaired) electrons. The Kier molecular flexibility index (Phi) is 15.6. The third-order valence-electron chi connectivity index (χ3n) is 10.6. The molecule has 1 aliphatic heterocycles. The lowest BCUT2D eigenvalue weighted by Gasteiger charge is -2.51. The lowest BCUT2D eigenvalue weighted by molar-refractivity contribution is -0.168. The molecule has 1 fully saturated rings. The van der Waals surface area contributed by atoms with Gasteiger partial charge in [-0.25, -0.2) is 0 Å². The van der Waals surface area contributed by atoms with Crippen molar-refractivity contribution in [2.24, 2.45) is 0 Å². The molecule has 0 aliphatic carbocycles. The Morgan fingerprint density at radius 2 is 1.27 bits per heavy atom. The van der Waals surface area contributed by atoms with Crippen molar-refractivity contribution in [2.45, 2.75) is 179 Å². The summed E-state index contributed by atoms with van der Waals surface area (Å²) in [7, 11) is -3.69. The fraction of sp³-hybridized carbons (Fsp3) is 0.909. The molecule has 1 rings (SSSR count). The number of hydrogen-bond donors (Lipinski definition) is 0. The first-order chi connectivity index (χ1) is 19.7. The third kappa shape index (κ3) is 11.5. The molecule has 0 amide bonds. The van der Waals surface area contributed by atoms with Gasteiger partial charge >= 0.3 is 5.97 Å². The highest BCUT2D eigenvalue weighted by Gasteiger charge is 2.52. The Balaban J connectivity index is 3.91. The van der Waals surface area contributed by atoms with Gasteiger partial charge in [-0.15, -0.1) is 0 Å². The lowest BCUT2D eigenvalue weighted by Crippen LogP contribution is -2.62. The van der Waals surface area contributed by atoms with Crippen LogP contribution in [0.3, 0.4) is 0 Å². The van der Waals surface area contributed by atoms with Gasteiger partial charge in [0.05, 0.1) is 37.9 Å². The minimum absolute atomic E-state index is 0.0169. The van der Waals surface area contributed by atoms with Crippen LogP contribution in [-0.2, 0) is 32.3 Å².